The quantitative estimate of drug-likeness (QED) is 0.0547. The minimum Gasteiger partial charge on any atom is -0.372 e. The normalized spacial score (nSPS) is 14.4. The number of unbranched alkanes of at least 4 members (excludes halogenated alkanes) is 3. The molecule has 6 aromatic rings. The molecular formula is C46H56N12+2. The molecule has 0 saturated carbocycles. The number of hydrogen-bond donors (Lipinski definition) is 2. The lowest BCUT2D eigenvalue weighted by Crippen LogP contribution is -2.25. The number of hydrogen-bond acceptors (Lipinski definition) is 8. The van der Waals surface area contributed by atoms with Gasteiger partial charge in [0.15, 0.2) is 0 Å². The summed E-state index contributed by atoms with van der Waals surface area (Å²) in [6.07, 6.45) is 17.8. The van der Waals surface area contributed by atoms with Crippen LogP contribution in [0.4, 0.5) is 57.4 Å². The molecule has 2 aliphatic rings. The SMILES string of the molecule is C[n+]1ccn(CCCCCCn2cc[n+](C)c2N=Nc2ccc(Nc3ccc(N4CCCC4)cc3)cc2)c1N=Nc1ccc(Nc2ccc(N3CCCC3)cc2)cc1. The van der Waals surface area contributed by atoms with Gasteiger partial charge < -0.3 is 20.4 Å². The Morgan fingerprint density at radius 2 is 0.793 bits per heavy atom. The maximum Gasteiger partial charge on any atom is 0.421 e. The number of anilines is 6. The number of azo groups is 2. The van der Waals surface area contributed by atoms with E-state index in [4.69, 9.17) is 0 Å². The van der Waals surface area contributed by atoms with Gasteiger partial charge in [-0.15, -0.1) is 0 Å². The van der Waals surface area contributed by atoms with Gasteiger partial charge in [-0.3, -0.25) is 0 Å². The van der Waals surface area contributed by atoms with Gasteiger partial charge in [0.05, 0.1) is 52.0 Å². The molecular weight excluding hydrogens is 721 g/mol. The molecule has 0 atom stereocenters. The molecule has 298 valence electrons. The second-order valence-electron chi connectivity index (χ2n) is 15.4. The molecule has 0 spiro atoms. The standard InChI is InChI=1S/C46H54N12/c1-53-33-35-57(45(53)51-49-41-15-11-37(12-16-41)47-39-19-23-43(24-20-39)55-27-7-8-28-55)31-5-3-4-6-32-58-36-34-54(2)46(58)52-50-42-17-13-38(14-18-42)48-40-21-25-44(26-22-40)56-29-9-10-30-56/h11-26,33-36H,3-10,27-32H2,1-2H3/p+2. The molecule has 12 heteroatoms. The Morgan fingerprint density at radius 1 is 0.448 bits per heavy atom. The van der Waals surface area contributed by atoms with Crippen molar-refractivity contribution in [3.63, 3.8) is 0 Å². The van der Waals surface area contributed by atoms with Crippen molar-refractivity contribution in [1.82, 2.24) is 9.13 Å². The summed E-state index contributed by atoms with van der Waals surface area (Å²) in [5, 5.41) is 25.4. The van der Waals surface area contributed by atoms with E-state index in [2.05, 4.69) is 111 Å². The van der Waals surface area contributed by atoms with Crippen LogP contribution in [-0.2, 0) is 27.2 Å². The van der Waals surface area contributed by atoms with E-state index in [1.54, 1.807) is 0 Å². The largest absolute Gasteiger partial charge is 0.421 e. The van der Waals surface area contributed by atoms with Crippen molar-refractivity contribution in [1.29, 1.82) is 0 Å². The molecule has 12 nitrogen and oxygen atoms in total. The zero-order valence-corrected chi connectivity index (χ0v) is 33.9. The highest BCUT2D eigenvalue weighted by molar-refractivity contribution is 5.65. The topological polar surface area (TPSA) is 97.6 Å². The second kappa shape index (κ2) is 18.8. The zero-order valence-electron chi connectivity index (χ0n) is 33.9. The summed E-state index contributed by atoms with van der Waals surface area (Å²) in [5.74, 6) is 1.67. The van der Waals surface area contributed by atoms with E-state index in [0.717, 1.165) is 111 Å². The number of aromatic nitrogens is 4. The Morgan fingerprint density at radius 3 is 1.16 bits per heavy atom. The van der Waals surface area contributed by atoms with Crippen LogP contribution in [0.5, 0.6) is 0 Å². The van der Waals surface area contributed by atoms with Crippen molar-refractivity contribution >= 4 is 57.4 Å². The van der Waals surface area contributed by atoms with Crippen molar-refractivity contribution in [2.45, 2.75) is 64.5 Å². The lowest BCUT2D eigenvalue weighted by Gasteiger charge is -2.18. The van der Waals surface area contributed by atoms with E-state index < -0.39 is 0 Å². The fraction of sp³-hybridized carbons (Fsp3) is 0.348. The Labute approximate surface area is 342 Å². The predicted octanol–water partition coefficient (Wildman–Crippen LogP) is 10.7. The third kappa shape index (κ3) is 9.98. The Kier molecular flexibility index (Phi) is 12.5. The van der Waals surface area contributed by atoms with Crippen LogP contribution >= 0.6 is 0 Å². The minimum atomic E-state index is 0.820. The highest BCUT2D eigenvalue weighted by Gasteiger charge is 2.17. The average molecular weight is 777 g/mol. The van der Waals surface area contributed by atoms with Crippen LogP contribution in [0.25, 0.3) is 0 Å². The maximum absolute atomic E-state index is 4.63. The lowest BCUT2D eigenvalue weighted by atomic mass is 10.2. The lowest BCUT2D eigenvalue weighted by molar-refractivity contribution is -0.657. The van der Waals surface area contributed by atoms with Crippen molar-refractivity contribution < 1.29 is 9.13 Å². The van der Waals surface area contributed by atoms with Gasteiger partial charge in [-0.05, 0) is 136 Å². The third-order valence-corrected chi connectivity index (χ3v) is 11.1. The molecule has 0 bridgehead atoms. The van der Waals surface area contributed by atoms with Gasteiger partial charge in [0.2, 0.25) is 0 Å². The first kappa shape index (κ1) is 38.6. The molecule has 0 radical (unpaired) electrons. The van der Waals surface area contributed by atoms with Crippen molar-refractivity contribution in [3.05, 3.63) is 122 Å². The van der Waals surface area contributed by atoms with Crippen molar-refractivity contribution in [3.8, 4) is 0 Å². The monoisotopic (exact) mass is 776 g/mol. The first-order valence-corrected chi connectivity index (χ1v) is 20.9. The van der Waals surface area contributed by atoms with E-state index in [-0.39, 0.29) is 0 Å². The fourth-order valence-electron chi connectivity index (χ4n) is 7.78. The Bertz CT molecular complexity index is 2090. The van der Waals surface area contributed by atoms with Gasteiger partial charge in [-0.2, -0.15) is 0 Å². The molecule has 58 heavy (non-hydrogen) atoms. The Hall–Kier alpha value is -6.30. The van der Waals surface area contributed by atoms with Crippen LogP contribution in [0.3, 0.4) is 0 Å². The molecule has 0 aliphatic carbocycles. The summed E-state index contributed by atoms with van der Waals surface area (Å²) in [6.45, 7) is 6.41. The highest BCUT2D eigenvalue weighted by atomic mass is 15.3. The Balaban J connectivity index is 0.763. The smallest absolute Gasteiger partial charge is 0.372 e. The van der Waals surface area contributed by atoms with E-state index in [1.165, 1.54) is 37.1 Å². The summed E-state index contributed by atoms with van der Waals surface area (Å²) in [7, 11) is 4.03. The molecule has 2 aromatic heterocycles. The molecule has 2 saturated heterocycles. The number of nitrogens with one attached hydrogen (secondary N) is 2. The predicted molar refractivity (Wildman–Crippen MR) is 233 cm³/mol. The van der Waals surface area contributed by atoms with E-state index in [1.807, 2.05) is 84.2 Å². The molecule has 8 rings (SSSR count). The second-order valence-corrected chi connectivity index (χ2v) is 15.4. The van der Waals surface area contributed by atoms with Gasteiger partial charge in [0.25, 0.3) is 0 Å². The van der Waals surface area contributed by atoms with Crippen LogP contribution in [0.1, 0.15) is 51.4 Å². The average Bonchev–Trinajstić information content (AvgIpc) is 4.10. The van der Waals surface area contributed by atoms with Crippen LogP contribution in [-0.4, -0.2) is 35.3 Å². The van der Waals surface area contributed by atoms with Crippen molar-refractivity contribution in [2.24, 2.45) is 34.6 Å². The van der Waals surface area contributed by atoms with Crippen LogP contribution in [0.2, 0.25) is 0 Å². The van der Waals surface area contributed by atoms with E-state index in [0.29, 0.717) is 0 Å². The fourth-order valence-corrected chi connectivity index (χ4v) is 7.78. The van der Waals surface area contributed by atoms with Gasteiger partial charge in [0.1, 0.15) is 11.4 Å². The van der Waals surface area contributed by atoms with Crippen LogP contribution in [0, 0.1) is 0 Å². The molecule has 4 aromatic carbocycles. The molecule has 0 amide bonds. The summed E-state index contributed by atoms with van der Waals surface area (Å²) in [6, 6.07) is 33.6. The van der Waals surface area contributed by atoms with Crippen LogP contribution in [0.15, 0.2) is 142 Å². The molecule has 2 fully saturated rings. The van der Waals surface area contributed by atoms with Gasteiger partial charge >= 0.3 is 11.9 Å². The van der Waals surface area contributed by atoms with E-state index in [9.17, 15) is 0 Å². The number of rotatable bonds is 17. The zero-order chi connectivity index (χ0) is 39.5. The van der Waals surface area contributed by atoms with Crippen LogP contribution < -0.4 is 29.6 Å². The van der Waals surface area contributed by atoms with Crippen molar-refractivity contribution in [2.75, 3.05) is 46.6 Å². The van der Waals surface area contributed by atoms with Gasteiger partial charge in [-0.1, -0.05) is 23.1 Å². The number of nitrogens with zero attached hydrogens (tertiary/aromatic N) is 10. The molecule has 2 N–H and O–H groups in total. The first-order valence-electron chi connectivity index (χ1n) is 20.9. The maximum atomic E-state index is 4.63. The molecule has 0 unspecified atom stereocenters. The minimum absolute atomic E-state index is 0.820. The van der Waals surface area contributed by atoms with Gasteiger partial charge in [0, 0.05) is 70.5 Å². The first-order chi connectivity index (χ1) is 28.5. The number of imidazole rings is 2. The number of aryl methyl sites for hydroxylation is 4. The highest BCUT2D eigenvalue weighted by Crippen LogP contribution is 2.28. The number of benzene rings is 4. The van der Waals surface area contributed by atoms with E-state index >= 15 is 0 Å². The van der Waals surface area contributed by atoms with Gasteiger partial charge in [-0.25, -0.2) is 18.3 Å². The summed E-state index contributed by atoms with van der Waals surface area (Å²) >= 11 is 0. The summed E-state index contributed by atoms with van der Waals surface area (Å²) in [4.78, 5) is 4.90. The molecule has 2 aliphatic heterocycles. The third-order valence-electron chi connectivity index (χ3n) is 11.1. The molecule has 4 heterocycles. The summed E-state index contributed by atoms with van der Waals surface area (Å²) < 4.78 is 8.41. The summed E-state index contributed by atoms with van der Waals surface area (Å²) in [5.41, 5.74) is 8.45.